The van der Waals surface area contributed by atoms with Crippen LogP contribution >= 0.6 is 0 Å². The minimum Gasteiger partial charge on any atom is -0.449 e. The van der Waals surface area contributed by atoms with Crippen LogP contribution in [-0.2, 0) is 29.9 Å². The highest BCUT2D eigenvalue weighted by molar-refractivity contribution is 6.97. The summed E-state index contributed by atoms with van der Waals surface area (Å²) >= 11 is 0. The standard InChI is InChI=1S/C66H54OSi2.C54H46OSi2/c1-68(2,55-39-33-47(34-40-55)49-37-43-59-57-29-17-19-31-61(57)65(63(59)45-49,51-21-9-5-10-22-51)52-23-11-6-12-24-52)67-69(3,4)56-41-35-48(36-42-56)50-38-44-60-58-30-18-20-32-62(58)66(64(60)46-50,53-25-13-7-14-26-53)54-27-15-8-16-28-54;1-56(2,43-33-35-47-45-29-17-19-31-49(45)53(51(47)37-43,39-21-9-5-10-22-39)40-23-11-6-12-24-40)55-57(3,4)44-34-36-48-46-30-18-20-32-50(46)54(52(48)38-44,41-25-13-7-14-26-41)42-27-15-8-16-28-42/h5-46H,1-4H3;5-38H,1-4H3. The van der Waals surface area contributed by atoms with E-state index >= 15 is 0 Å². The Kier molecular flexibility index (Phi) is 19.9. The fourth-order valence-electron chi connectivity index (χ4n) is 22.5. The third-order valence-electron chi connectivity index (χ3n) is 28.1. The minimum atomic E-state index is -2.50. The molecule has 0 N–H and O–H groups in total. The highest BCUT2D eigenvalue weighted by Gasteiger charge is 2.52. The van der Waals surface area contributed by atoms with Gasteiger partial charge in [-0.05, 0) is 241 Å². The van der Waals surface area contributed by atoms with E-state index in [-0.39, 0.29) is 0 Å². The highest BCUT2D eigenvalue weighted by atomic mass is 28.4. The molecule has 0 saturated heterocycles. The zero-order valence-corrected chi connectivity index (χ0v) is 76.7. The van der Waals surface area contributed by atoms with E-state index < -0.39 is 54.9 Å². The van der Waals surface area contributed by atoms with Gasteiger partial charge in [-0.25, -0.2) is 0 Å². The van der Waals surface area contributed by atoms with Gasteiger partial charge in [0.1, 0.15) is 0 Å². The molecular formula is C120H100O2Si4. The van der Waals surface area contributed by atoms with Crippen LogP contribution in [0.25, 0.3) is 66.8 Å². The molecule has 0 spiro atoms. The van der Waals surface area contributed by atoms with Gasteiger partial charge in [-0.2, -0.15) is 0 Å². The van der Waals surface area contributed by atoms with E-state index in [0.717, 1.165) is 0 Å². The van der Waals surface area contributed by atoms with Crippen molar-refractivity contribution in [2.45, 2.75) is 74.0 Å². The smallest absolute Gasteiger partial charge is 0.206 e. The van der Waals surface area contributed by atoms with Crippen molar-refractivity contribution in [2.24, 2.45) is 0 Å². The van der Waals surface area contributed by atoms with E-state index in [2.05, 4.69) is 513 Å². The van der Waals surface area contributed by atoms with Crippen LogP contribution in [0, 0.1) is 0 Å². The Hall–Kier alpha value is -13.3. The first-order chi connectivity index (χ1) is 61.5. The first-order valence-electron chi connectivity index (χ1n) is 44.5. The van der Waals surface area contributed by atoms with Crippen LogP contribution < -0.4 is 20.7 Å². The fourth-order valence-corrected chi connectivity index (χ4v) is 38.5. The van der Waals surface area contributed by atoms with E-state index in [1.54, 1.807) is 0 Å². The molecule has 0 heterocycles. The average molecular weight is 1690 g/mol. The van der Waals surface area contributed by atoms with E-state index in [4.69, 9.17) is 8.23 Å². The number of fused-ring (bicyclic) bond motifs is 12. The van der Waals surface area contributed by atoms with E-state index in [9.17, 15) is 0 Å². The van der Waals surface area contributed by atoms with Gasteiger partial charge in [-0.3, -0.25) is 0 Å². The van der Waals surface area contributed by atoms with E-state index in [1.807, 2.05) is 0 Å². The molecule has 0 amide bonds. The molecule has 18 aromatic rings. The Bertz CT molecular complexity index is 6510. The summed E-state index contributed by atoms with van der Waals surface area (Å²) in [5.74, 6) is 0. The predicted octanol–water partition coefficient (Wildman–Crippen LogP) is 27.2. The minimum absolute atomic E-state index is 0.425. The Morgan fingerprint density at radius 2 is 0.310 bits per heavy atom. The number of hydrogen-bond acceptors (Lipinski definition) is 2. The van der Waals surface area contributed by atoms with Gasteiger partial charge in [0.25, 0.3) is 0 Å². The van der Waals surface area contributed by atoms with Crippen LogP contribution in [0.1, 0.15) is 89.0 Å². The second-order valence-electron chi connectivity index (χ2n) is 36.6. The van der Waals surface area contributed by atoms with Crippen molar-refractivity contribution in [1.29, 1.82) is 0 Å². The zero-order valence-electron chi connectivity index (χ0n) is 72.7. The van der Waals surface area contributed by atoms with Crippen molar-refractivity contribution in [3.8, 4) is 66.8 Å². The molecule has 0 atom stereocenters. The Morgan fingerprint density at radius 3 is 0.540 bits per heavy atom. The summed E-state index contributed by atoms with van der Waals surface area (Å²) in [6, 6.07) is 172. The summed E-state index contributed by atoms with van der Waals surface area (Å²) in [6.07, 6.45) is 0. The van der Waals surface area contributed by atoms with Gasteiger partial charge in [0, 0.05) is 0 Å². The normalized spacial score (nSPS) is 14.3. The van der Waals surface area contributed by atoms with E-state index in [1.165, 1.54) is 177 Å². The summed E-state index contributed by atoms with van der Waals surface area (Å²) in [5, 5.41) is 5.25. The number of benzene rings is 18. The Labute approximate surface area is 747 Å². The molecule has 2 nitrogen and oxygen atoms in total. The van der Waals surface area contributed by atoms with Crippen molar-refractivity contribution in [3.05, 3.63) is 550 Å². The van der Waals surface area contributed by atoms with E-state index in [0.29, 0.717) is 0 Å². The summed E-state index contributed by atoms with van der Waals surface area (Å²) < 4.78 is 15.1. The maximum Gasteiger partial charge on any atom is 0.206 e. The summed E-state index contributed by atoms with van der Waals surface area (Å²) in [6.45, 7) is 19.1. The lowest BCUT2D eigenvalue weighted by molar-refractivity contribution is 0.572. The molecule has 6 heteroatoms. The van der Waals surface area contributed by atoms with Crippen LogP contribution in [-0.4, -0.2) is 33.3 Å². The molecule has 0 radical (unpaired) electrons. The zero-order chi connectivity index (χ0) is 85.6. The second kappa shape index (κ2) is 31.5. The average Bonchev–Trinajstić information content (AvgIpc) is 1.55. The van der Waals surface area contributed by atoms with Crippen LogP contribution in [0.2, 0.25) is 52.4 Å². The molecule has 608 valence electrons. The van der Waals surface area contributed by atoms with Gasteiger partial charge >= 0.3 is 0 Å². The maximum absolute atomic E-state index is 7.71. The Balaban J connectivity index is 0.000000157. The third-order valence-corrected chi connectivity index (χ3v) is 43.1. The van der Waals surface area contributed by atoms with Gasteiger partial charge in [-0.15, -0.1) is 0 Å². The third kappa shape index (κ3) is 12.8. The van der Waals surface area contributed by atoms with Gasteiger partial charge in [0.2, 0.25) is 33.3 Å². The molecule has 0 aromatic heterocycles. The van der Waals surface area contributed by atoms with Crippen LogP contribution in [0.3, 0.4) is 0 Å². The van der Waals surface area contributed by atoms with Crippen LogP contribution in [0.5, 0.6) is 0 Å². The first kappa shape index (κ1) is 79.9. The summed E-state index contributed by atoms with van der Waals surface area (Å²) in [4.78, 5) is 0. The Morgan fingerprint density at radius 1 is 0.143 bits per heavy atom. The molecule has 0 saturated carbocycles. The summed E-state index contributed by atoms with van der Waals surface area (Å²) in [5.41, 5.74) is 34.5. The molecule has 4 aliphatic rings. The van der Waals surface area contributed by atoms with Crippen molar-refractivity contribution < 1.29 is 8.23 Å². The topological polar surface area (TPSA) is 18.5 Å². The lowest BCUT2D eigenvalue weighted by atomic mass is 9.67. The van der Waals surface area contributed by atoms with Crippen molar-refractivity contribution in [1.82, 2.24) is 0 Å². The molecule has 18 aromatic carbocycles. The monoisotopic (exact) mass is 1680 g/mol. The maximum atomic E-state index is 7.71. The van der Waals surface area contributed by atoms with Crippen molar-refractivity contribution in [2.75, 3.05) is 0 Å². The van der Waals surface area contributed by atoms with Gasteiger partial charge in [0.05, 0.1) is 21.7 Å². The molecule has 0 fully saturated rings. The lowest BCUT2D eigenvalue weighted by Gasteiger charge is -2.38. The van der Waals surface area contributed by atoms with Crippen LogP contribution in [0.4, 0.5) is 0 Å². The van der Waals surface area contributed by atoms with Crippen molar-refractivity contribution in [3.63, 3.8) is 0 Å². The second-order valence-corrected chi connectivity index (χ2v) is 52.6. The number of hydrogen-bond donors (Lipinski definition) is 0. The highest BCUT2D eigenvalue weighted by Crippen LogP contribution is 2.61. The van der Waals surface area contributed by atoms with Crippen molar-refractivity contribution >= 4 is 54.0 Å². The van der Waals surface area contributed by atoms with Crippen LogP contribution in [0.15, 0.2) is 461 Å². The van der Waals surface area contributed by atoms with Gasteiger partial charge in [0.15, 0.2) is 0 Å². The van der Waals surface area contributed by atoms with Gasteiger partial charge in [-0.1, -0.05) is 449 Å². The fraction of sp³-hybridized carbons (Fsp3) is 0.100. The molecule has 126 heavy (non-hydrogen) atoms. The molecule has 22 rings (SSSR count). The molecular weight excluding hydrogens is 1590 g/mol. The van der Waals surface area contributed by atoms with Gasteiger partial charge < -0.3 is 8.23 Å². The summed E-state index contributed by atoms with van der Waals surface area (Å²) in [7, 11) is -9.66. The quantitative estimate of drug-likeness (QED) is 0.0797. The first-order valence-corrected chi connectivity index (χ1v) is 56.1. The predicted molar refractivity (Wildman–Crippen MR) is 536 cm³/mol. The SMILES string of the molecule is C[Si](C)(O[Si](C)(C)c1ccc(-c2ccc3c(c2)C(c2ccccc2)(c2ccccc2)c2ccccc2-3)cc1)c1ccc(-c2ccc3c(c2)C(c2ccccc2)(c2ccccc2)c2ccccc2-3)cc1.C[Si](C)(O[Si](C)(C)c1ccc2c(c1)C(c1ccccc1)(c1ccccc1)c1ccccc1-2)c1ccc2c(c1)C(c1ccccc1)(c1ccccc1)c1ccccc1-2. The molecule has 0 unspecified atom stereocenters. The number of rotatable bonds is 18. The molecule has 0 bridgehead atoms. The lowest BCUT2D eigenvalue weighted by Crippen LogP contribution is -2.58. The molecule has 4 aliphatic carbocycles. The molecule has 0 aliphatic heterocycles. The largest absolute Gasteiger partial charge is 0.449 e.